The molecular formula is C58H45N3. The van der Waals surface area contributed by atoms with Gasteiger partial charge in [0.2, 0.25) is 0 Å². The number of allylic oxidation sites excluding steroid dienone is 5. The van der Waals surface area contributed by atoms with Crippen molar-refractivity contribution in [1.82, 2.24) is 0 Å². The Kier molecular flexibility index (Phi) is 9.48. The van der Waals surface area contributed by atoms with Crippen molar-refractivity contribution >= 4 is 50.6 Å². The van der Waals surface area contributed by atoms with E-state index >= 15 is 0 Å². The summed E-state index contributed by atoms with van der Waals surface area (Å²) >= 11 is 0. The predicted molar refractivity (Wildman–Crippen MR) is 257 cm³/mol. The van der Waals surface area contributed by atoms with Crippen LogP contribution in [0, 0.1) is 5.92 Å². The molecule has 61 heavy (non-hydrogen) atoms. The Balaban J connectivity index is 0.938. The molecule has 3 nitrogen and oxygen atoms in total. The molecule has 0 spiro atoms. The fourth-order valence-electron chi connectivity index (χ4n) is 9.51. The van der Waals surface area contributed by atoms with E-state index in [0.29, 0.717) is 5.92 Å². The van der Waals surface area contributed by atoms with Crippen molar-refractivity contribution in [3.05, 3.63) is 260 Å². The van der Waals surface area contributed by atoms with E-state index in [1.54, 1.807) is 0 Å². The summed E-state index contributed by atoms with van der Waals surface area (Å²) in [6.45, 7) is 0. The average Bonchev–Trinajstić information content (AvgIpc) is 3.66. The number of anilines is 7. The van der Waals surface area contributed by atoms with Crippen LogP contribution >= 0.6 is 0 Å². The number of hydrogen-bond donors (Lipinski definition) is 0. The highest BCUT2D eigenvalue weighted by atomic mass is 15.2. The van der Waals surface area contributed by atoms with Gasteiger partial charge in [-0.2, -0.15) is 0 Å². The van der Waals surface area contributed by atoms with E-state index in [-0.39, 0.29) is 12.0 Å². The highest BCUT2D eigenvalue weighted by molar-refractivity contribution is 5.89. The molecule has 0 radical (unpaired) electrons. The van der Waals surface area contributed by atoms with Gasteiger partial charge in [0, 0.05) is 57.3 Å². The summed E-state index contributed by atoms with van der Waals surface area (Å²) in [5.74, 6) is 0.497. The zero-order valence-electron chi connectivity index (χ0n) is 33.9. The predicted octanol–water partition coefficient (Wildman–Crippen LogP) is 15.4. The van der Waals surface area contributed by atoms with Gasteiger partial charge in [-0.25, -0.2) is 0 Å². The molecule has 8 aromatic carbocycles. The van der Waals surface area contributed by atoms with Gasteiger partial charge in [-0.3, -0.25) is 0 Å². The molecule has 0 fully saturated rings. The molecule has 0 bridgehead atoms. The zero-order valence-corrected chi connectivity index (χ0v) is 33.9. The molecular weight excluding hydrogens is 739 g/mol. The number of hydrogen-bond acceptors (Lipinski definition) is 3. The van der Waals surface area contributed by atoms with Gasteiger partial charge in [0.1, 0.15) is 0 Å². The Morgan fingerprint density at radius 3 is 1.61 bits per heavy atom. The molecule has 0 amide bonds. The summed E-state index contributed by atoms with van der Waals surface area (Å²) < 4.78 is 0. The summed E-state index contributed by atoms with van der Waals surface area (Å²) in [4.78, 5) is 7.24. The lowest BCUT2D eigenvalue weighted by atomic mass is 9.81. The van der Waals surface area contributed by atoms with Crippen LogP contribution < -0.4 is 14.7 Å². The third-order valence-electron chi connectivity index (χ3n) is 12.5. The Labute approximate surface area is 358 Å². The van der Waals surface area contributed by atoms with Crippen molar-refractivity contribution in [2.24, 2.45) is 5.92 Å². The fourth-order valence-corrected chi connectivity index (χ4v) is 9.51. The highest BCUT2D eigenvalue weighted by Crippen LogP contribution is 2.51. The monoisotopic (exact) mass is 783 g/mol. The Morgan fingerprint density at radius 2 is 1.00 bits per heavy atom. The lowest BCUT2D eigenvalue weighted by molar-refractivity contribution is 0.701. The van der Waals surface area contributed by atoms with Crippen LogP contribution in [-0.2, 0) is 0 Å². The summed E-state index contributed by atoms with van der Waals surface area (Å²) in [5, 5.41) is 2.52. The molecule has 11 rings (SSSR count). The van der Waals surface area contributed by atoms with Crippen LogP contribution in [-0.4, -0.2) is 6.04 Å². The van der Waals surface area contributed by atoms with Crippen molar-refractivity contribution in [1.29, 1.82) is 0 Å². The molecule has 0 N–H and O–H groups in total. The molecule has 0 aromatic heterocycles. The molecule has 3 aliphatic rings. The quantitative estimate of drug-likeness (QED) is 0.144. The van der Waals surface area contributed by atoms with Gasteiger partial charge in [-0.15, -0.1) is 0 Å². The molecule has 292 valence electrons. The molecule has 1 aliphatic heterocycles. The van der Waals surface area contributed by atoms with E-state index in [9.17, 15) is 0 Å². The third kappa shape index (κ3) is 6.94. The Morgan fingerprint density at radius 1 is 0.443 bits per heavy atom. The maximum atomic E-state index is 2.56. The standard InChI is InChI=1S/C58H45N3/c1-5-17-48(18-6-1)59(49-19-7-2-8-20-49)52-32-25-43(26-33-52)46-30-37-57-55(40-46)56-41-47(31-38-58(56)61(57)54-36-29-42-15-13-14-16-45(42)39-54)44-27-34-53(35-28-44)60(50-21-9-3-10-22-50)51-23-11-4-12-24-51/h1-27,29-41,44,56,58H,28H2. The smallest absolute Gasteiger partial charge is 0.0629 e. The van der Waals surface area contributed by atoms with Crippen LogP contribution in [0.1, 0.15) is 17.9 Å². The van der Waals surface area contributed by atoms with Crippen molar-refractivity contribution in [3.8, 4) is 11.1 Å². The lowest BCUT2D eigenvalue weighted by Gasteiger charge is -2.32. The van der Waals surface area contributed by atoms with Crippen LogP contribution in [0.2, 0.25) is 0 Å². The van der Waals surface area contributed by atoms with Crippen LogP contribution in [0.5, 0.6) is 0 Å². The maximum absolute atomic E-state index is 2.56. The molecule has 3 unspecified atom stereocenters. The largest absolute Gasteiger partial charge is 0.333 e. The number of fused-ring (bicyclic) bond motifs is 4. The minimum atomic E-state index is 0.174. The van der Waals surface area contributed by atoms with Gasteiger partial charge >= 0.3 is 0 Å². The molecule has 0 saturated carbocycles. The first-order valence-corrected chi connectivity index (χ1v) is 21.4. The van der Waals surface area contributed by atoms with Crippen LogP contribution in [0.25, 0.3) is 21.9 Å². The van der Waals surface area contributed by atoms with E-state index in [4.69, 9.17) is 0 Å². The Hall–Kier alpha value is -7.62. The lowest BCUT2D eigenvalue weighted by Crippen LogP contribution is -2.29. The van der Waals surface area contributed by atoms with Gasteiger partial charge in [-0.05, 0) is 130 Å². The number of para-hydroxylation sites is 4. The summed E-state index contributed by atoms with van der Waals surface area (Å²) in [6.07, 6.45) is 15.5. The van der Waals surface area contributed by atoms with E-state index in [2.05, 4.69) is 257 Å². The molecule has 2 aliphatic carbocycles. The maximum Gasteiger partial charge on any atom is 0.0629 e. The summed E-state index contributed by atoms with van der Waals surface area (Å²) in [5.41, 5.74) is 14.6. The van der Waals surface area contributed by atoms with E-state index < -0.39 is 0 Å². The van der Waals surface area contributed by atoms with E-state index in [1.165, 1.54) is 50.1 Å². The van der Waals surface area contributed by atoms with Crippen LogP contribution in [0.3, 0.4) is 0 Å². The molecule has 0 saturated heterocycles. The van der Waals surface area contributed by atoms with Gasteiger partial charge in [0.05, 0.1) is 6.04 Å². The molecule has 3 heteroatoms. The number of nitrogens with zero attached hydrogens (tertiary/aromatic N) is 3. The van der Waals surface area contributed by atoms with Crippen molar-refractivity contribution < 1.29 is 0 Å². The SMILES string of the molecule is C1=CC2C(C=C1C1C=CC(N(c3ccccc3)c3ccccc3)=CC1)c1cc(-c3ccc(N(c4ccccc4)c4ccccc4)cc3)ccc1N2c1ccc2ccccc2c1. The minimum absolute atomic E-state index is 0.174. The normalized spacial score (nSPS) is 17.6. The first-order chi connectivity index (χ1) is 30.2. The van der Waals surface area contributed by atoms with Gasteiger partial charge < -0.3 is 14.7 Å². The second-order valence-corrected chi connectivity index (χ2v) is 16.1. The summed E-state index contributed by atoms with van der Waals surface area (Å²) in [7, 11) is 0. The topological polar surface area (TPSA) is 9.72 Å². The minimum Gasteiger partial charge on any atom is -0.333 e. The Bertz CT molecular complexity index is 2870. The van der Waals surface area contributed by atoms with Crippen LogP contribution in [0.4, 0.5) is 39.8 Å². The van der Waals surface area contributed by atoms with Crippen LogP contribution in [0.15, 0.2) is 254 Å². The van der Waals surface area contributed by atoms with Gasteiger partial charge in [0.15, 0.2) is 0 Å². The second kappa shape index (κ2) is 15.9. The number of benzene rings is 8. The third-order valence-corrected chi connectivity index (χ3v) is 12.5. The number of rotatable bonds is 9. The zero-order chi connectivity index (χ0) is 40.5. The summed E-state index contributed by atoms with van der Waals surface area (Å²) in [6, 6.07) is 74.5. The van der Waals surface area contributed by atoms with E-state index in [1.807, 2.05) is 0 Å². The highest BCUT2D eigenvalue weighted by Gasteiger charge is 2.39. The van der Waals surface area contributed by atoms with Gasteiger partial charge in [0.25, 0.3) is 0 Å². The van der Waals surface area contributed by atoms with E-state index in [0.717, 1.165) is 34.9 Å². The van der Waals surface area contributed by atoms with Crippen molar-refractivity contribution in [3.63, 3.8) is 0 Å². The first kappa shape index (κ1) is 36.5. The average molecular weight is 784 g/mol. The molecule has 3 atom stereocenters. The first-order valence-electron chi connectivity index (χ1n) is 21.4. The van der Waals surface area contributed by atoms with Crippen molar-refractivity contribution in [2.75, 3.05) is 14.7 Å². The fraction of sp³-hybridized carbons (Fsp3) is 0.0690. The molecule has 1 heterocycles. The molecule has 8 aromatic rings. The van der Waals surface area contributed by atoms with Crippen molar-refractivity contribution in [2.45, 2.75) is 18.4 Å². The van der Waals surface area contributed by atoms with Gasteiger partial charge in [-0.1, -0.05) is 152 Å². The second-order valence-electron chi connectivity index (χ2n) is 16.1.